The third kappa shape index (κ3) is 4.00. The van der Waals surface area contributed by atoms with Crippen LogP contribution in [0.1, 0.15) is 43.4 Å². The molecule has 0 heterocycles. The fourth-order valence-electron chi connectivity index (χ4n) is 3.73. The second-order valence-corrected chi connectivity index (χ2v) is 6.96. The lowest BCUT2D eigenvalue weighted by Gasteiger charge is -2.33. The Hall–Kier alpha value is -2.74. The third-order valence-corrected chi connectivity index (χ3v) is 5.51. The van der Waals surface area contributed by atoms with E-state index >= 15 is 0 Å². The van der Waals surface area contributed by atoms with E-state index in [9.17, 15) is 0 Å². The third-order valence-electron chi connectivity index (χ3n) is 5.51. The first-order valence-corrected chi connectivity index (χ1v) is 9.61. The van der Waals surface area contributed by atoms with Crippen LogP contribution in [0.4, 0.5) is 0 Å². The van der Waals surface area contributed by atoms with Gasteiger partial charge in [-0.1, -0.05) is 55.8 Å². The van der Waals surface area contributed by atoms with Crippen molar-refractivity contribution in [2.75, 3.05) is 7.11 Å². The quantitative estimate of drug-likeness (QED) is 0.456. The number of hydrogen-bond acceptors (Lipinski definition) is 2. The predicted molar refractivity (Wildman–Crippen MR) is 112 cm³/mol. The van der Waals surface area contributed by atoms with Crippen LogP contribution in [0, 0.1) is 6.92 Å². The van der Waals surface area contributed by atoms with Gasteiger partial charge in [-0.25, -0.2) is 0 Å². The number of hydrogen-bond donors (Lipinski definition) is 0. The minimum absolute atomic E-state index is 0.00530. The van der Waals surface area contributed by atoms with Crippen LogP contribution in [-0.4, -0.2) is 7.11 Å². The highest BCUT2D eigenvalue weighted by atomic mass is 16.5. The maximum Gasteiger partial charge on any atom is 0.127 e. The van der Waals surface area contributed by atoms with Gasteiger partial charge in [0.25, 0.3) is 0 Å². The lowest BCUT2D eigenvalue weighted by atomic mass is 9.70. The summed E-state index contributed by atoms with van der Waals surface area (Å²) >= 11 is 0. The predicted octanol–water partition coefficient (Wildman–Crippen LogP) is 6.90. The highest BCUT2D eigenvalue weighted by Gasteiger charge is 2.30. The van der Waals surface area contributed by atoms with Crippen molar-refractivity contribution in [1.29, 1.82) is 0 Å². The van der Waals surface area contributed by atoms with E-state index in [0.29, 0.717) is 0 Å². The topological polar surface area (TPSA) is 18.5 Å². The largest absolute Gasteiger partial charge is 0.497 e. The minimum Gasteiger partial charge on any atom is -0.497 e. The molecule has 0 saturated carbocycles. The maximum absolute atomic E-state index is 5.99. The molecular weight excluding hydrogens is 332 g/mol. The van der Waals surface area contributed by atoms with E-state index in [0.717, 1.165) is 30.1 Å². The van der Waals surface area contributed by atoms with Gasteiger partial charge in [-0.3, -0.25) is 0 Å². The van der Waals surface area contributed by atoms with Crippen LogP contribution < -0.4 is 9.47 Å². The molecule has 0 aliphatic rings. The Morgan fingerprint density at radius 2 is 1.04 bits per heavy atom. The number of ether oxygens (including phenoxy) is 2. The van der Waals surface area contributed by atoms with E-state index in [4.69, 9.17) is 9.47 Å². The van der Waals surface area contributed by atoms with Crippen LogP contribution in [0.3, 0.4) is 0 Å². The van der Waals surface area contributed by atoms with Crippen molar-refractivity contribution in [1.82, 2.24) is 0 Å². The van der Waals surface area contributed by atoms with Crippen molar-refractivity contribution >= 4 is 0 Å². The van der Waals surface area contributed by atoms with Crippen LogP contribution in [-0.2, 0) is 5.41 Å². The molecule has 0 aliphatic carbocycles. The molecule has 2 nitrogen and oxygen atoms in total. The van der Waals surface area contributed by atoms with Crippen molar-refractivity contribution < 1.29 is 9.47 Å². The van der Waals surface area contributed by atoms with Gasteiger partial charge in [0.05, 0.1) is 7.11 Å². The first-order valence-electron chi connectivity index (χ1n) is 9.61. The van der Waals surface area contributed by atoms with Crippen molar-refractivity contribution in [2.24, 2.45) is 0 Å². The molecule has 0 saturated heterocycles. The molecule has 2 heteroatoms. The number of rotatable bonds is 7. The summed E-state index contributed by atoms with van der Waals surface area (Å²) in [5.41, 5.74) is 3.86. The van der Waals surface area contributed by atoms with Crippen LogP contribution in [0.15, 0.2) is 72.8 Å². The average Bonchev–Trinajstić information content (AvgIpc) is 2.72. The summed E-state index contributed by atoms with van der Waals surface area (Å²) in [6.45, 7) is 6.59. The lowest BCUT2D eigenvalue weighted by molar-refractivity contribution is 0.413. The molecule has 0 bridgehead atoms. The lowest BCUT2D eigenvalue weighted by Crippen LogP contribution is -2.25. The zero-order chi connectivity index (χ0) is 19.3. The van der Waals surface area contributed by atoms with Crippen molar-refractivity contribution in [2.45, 2.75) is 39.0 Å². The average molecular weight is 360 g/mol. The van der Waals surface area contributed by atoms with Crippen molar-refractivity contribution in [3.05, 3.63) is 89.5 Å². The minimum atomic E-state index is -0.00530. The molecule has 0 spiro atoms. The van der Waals surface area contributed by atoms with Gasteiger partial charge in [0.1, 0.15) is 17.2 Å². The zero-order valence-electron chi connectivity index (χ0n) is 16.7. The van der Waals surface area contributed by atoms with Gasteiger partial charge in [0.15, 0.2) is 0 Å². The molecule has 27 heavy (non-hydrogen) atoms. The van der Waals surface area contributed by atoms with Crippen LogP contribution in [0.2, 0.25) is 0 Å². The molecule has 3 rings (SSSR count). The molecular formula is C25H28O2. The molecule has 0 atom stereocenters. The monoisotopic (exact) mass is 360 g/mol. The Kier molecular flexibility index (Phi) is 5.85. The molecule has 0 aliphatic heterocycles. The van der Waals surface area contributed by atoms with Crippen LogP contribution in [0.25, 0.3) is 0 Å². The highest BCUT2D eigenvalue weighted by Crippen LogP contribution is 2.40. The normalized spacial score (nSPS) is 11.3. The maximum atomic E-state index is 5.99. The van der Waals surface area contributed by atoms with Gasteiger partial charge in [0.2, 0.25) is 0 Å². The number of benzene rings is 3. The van der Waals surface area contributed by atoms with E-state index in [-0.39, 0.29) is 5.41 Å². The summed E-state index contributed by atoms with van der Waals surface area (Å²) in [4.78, 5) is 0. The fourth-order valence-corrected chi connectivity index (χ4v) is 3.73. The Morgan fingerprint density at radius 3 is 1.44 bits per heavy atom. The Labute approximate surface area is 162 Å². The molecule has 0 amide bonds. The van der Waals surface area contributed by atoms with Gasteiger partial charge in [-0.15, -0.1) is 0 Å². The summed E-state index contributed by atoms with van der Waals surface area (Å²) in [5, 5.41) is 0. The van der Waals surface area contributed by atoms with Crippen LogP contribution in [0.5, 0.6) is 17.2 Å². The number of methoxy groups -OCH3 is 1. The fraction of sp³-hybridized carbons (Fsp3) is 0.280. The van der Waals surface area contributed by atoms with E-state index in [2.05, 4.69) is 69.3 Å². The Bertz CT molecular complexity index is 842. The molecule has 0 unspecified atom stereocenters. The molecule has 3 aromatic carbocycles. The SMILES string of the molecule is CCC(CC)(c1ccc(OC)cc1)c1ccc(Oc2ccc(C)cc2)cc1. The first-order chi connectivity index (χ1) is 13.1. The summed E-state index contributed by atoms with van der Waals surface area (Å²) < 4.78 is 11.3. The van der Waals surface area contributed by atoms with E-state index in [1.807, 2.05) is 24.3 Å². The van der Waals surface area contributed by atoms with Gasteiger partial charge < -0.3 is 9.47 Å². The van der Waals surface area contributed by atoms with E-state index < -0.39 is 0 Å². The number of aryl methyl sites for hydroxylation is 1. The molecule has 3 aromatic rings. The van der Waals surface area contributed by atoms with Crippen molar-refractivity contribution in [3.8, 4) is 17.2 Å². The van der Waals surface area contributed by atoms with Gasteiger partial charge in [0, 0.05) is 5.41 Å². The Morgan fingerprint density at radius 1 is 0.630 bits per heavy atom. The Balaban J connectivity index is 1.88. The van der Waals surface area contributed by atoms with E-state index in [1.54, 1.807) is 7.11 Å². The smallest absolute Gasteiger partial charge is 0.127 e. The highest BCUT2D eigenvalue weighted by molar-refractivity contribution is 5.44. The van der Waals surface area contributed by atoms with Crippen LogP contribution >= 0.6 is 0 Å². The first kappa shape index (κ1) is 19.0. The molecule has 0 aromatic heterocycles. The van der Waals surface area contributed by atoms with Gasteiger partial charge >= 0.3 is 0 Å². The molecule has 0 radical (unpaired) electrons. The zero-order valence-corrected chi connectivity index (χ0v) is 16.7. The van der Waals surface area contributed by atoms with Gasteiger partial charge in [-0.2, -0.15) is 0 Å². The summed E-state index contributed by atoms with van der Waals surface area (Å²) in [6.07, 6.45) is 2.07. The summed E-state index contributed by atoms with van der Waals surface area (Å²) in [6, 6.07) is 25.1. The second-order valence-electron chi connectivity index (χ2n) is 6.96. The second kappa shape index (κ2) is 8.30. The standard InChI is InChI=1S/C25H28O2/c1-5-25(6-2,20-9-15-22(26-4)16-10-20)21-11-17-24(18-12-21)27-23-13-7-19(3)8-14-23/h7-18H,5-6H2,1-4H3. The summed E-state index contributed by atoms with van der Waals surface area (Å²) in [7, 11) is 1.70. The summed E-state index contributed by atoms with van der Waals surface area (Å²) in [5.74, 6) is 2.61. The molecule has 140 valence electrons. The molecule has 0 N–H and O–H groups in total. The molecule has 0 fully saturated rings. The van der Waals surface area contributed by atoms with Crippen molar-refractivity contribution in [3.63, 3.8) is 0 Å². The van der Waals surface area contributed by atoms with E-state index in [1.165, 1.54) is 16.7 Å². The van der Waals surface area contributed by atoms with Gasteiger partial charge in [-0.05, 0) is 67.3 Å².